The Labute approximate surface area is 125 Å². The summed E-state index contributed by atoms with van der Waals surface area (Å²) >= 11 is 0. The van der Waals surface area contributed by atoms with E-state index in [0.29, 0.717) is 5.56 Å². The number of piperidine rings is 1. The summed E-state index contributed by atoms with van der Waals surface area (Å²) < 4.78 is 19.1. The fourth-order valence-corrected chi connectivity index (χ4v) is 3.71. The number of benzene rings is 1. The predicted molar refractivity (Wildman–Crippen MR) is 80.3 cm³/mol. The predicted octanol–water partition coefficient (Wildman–Crippen LogP) is 3.43. The minimum atomic E-state index is -0.350. The second-order valence-corrected chi connectivity index (χ2v) is 6.40. The van der Waals surface area contributed by atoms with E-state index in [0.717, 1.165) is 44.8 Å². The standard InChI is InChI=1S/C17H22FNO2/c1-13(20)15-10-14(18)4-5-16(15)19-8-2-6-17(11-19)7-3-9-21-12-17/h4-5,10H,2-3,6-9,11-12H2,1H3. The highest BCUT2D eigenvalue weighted by atomic mass is 19.1. The number of hydrogen-bond donors (Lipinski definition) is 0. The number of anilines is 1. The van der Waals surface area contributed by atoms with Crippen molar-refractivity contribution in [2.45, 2.75) is 32.6 Å². The Bertz CT molecular complexity index is 532. The van der Waals surface area contributed by atoms with Gasteiger partial charge in [-0.1, -0.05) is 0 Å². The van der Waals surface area contributed by atoms with Gasteiger partial charge in [-0.3, -0.25) is 4.79 Å². The lowest BCUT2D eigenvalue weighted by Crippen LogP contribution is -2.48. The van der Waals surface area contributed by atoms with E-state index in [4.69, 9.17) is 4.74 Å². The van der Waals surface area contributed by atoms with Crippen LogP contribution >= 0.6 is 0 Å². The molecule has 2 heterocycles. The molecule has 1 spiro atoms. The van der Waals surface area contributed by atoms with Crippen LogP contribution in [-0.2, 0) is 4.74 Å². The first-order chi connectivity index (χ1) is 10.1. The molecule has 21 heavy (non-hydrogen) atoms. The highest BCUT2D eigenvalue weighted by Gasteiger charge is 2.38. The second-order valence-electron chi connectivity index (χ2n) is 6.40. The average molecular weight is 291 g/mol. The van der Waals surface area contributed by atoms with Crippen LogP contribution in [0.2, 0.25) is 0 Å². The Morgan fingerprint density at radius 1 is 1.33 bits per heavy atom. The molecule has 2 aliphatic heterocycles. The summed E-state index contributed by atoms with van der Waals surface area (Å²) in [5.74, 6) is -0.430. The van der Waals surface area contributed by atoms with E-state index in [-0.39, 0.29) is 17.0 Å². The molecule has 2 saturated heterocycles. The summed E-state index contributed by atoms with van der Waals surface area (Å²) in [5, 5.41) is 0. The Kier molecular flexibility index (Phi) is 3.98. The molecule has 2 fully saturated rings. The maximum Gasteiger partial charge on any atom is 0.161 e. The molecule has 114 valence electrons. The lowest BCUT2D eigenvalue weighted by Gasteiger charge is -2.46. The van der Waals surface area contributed by atoms with E-state index in [1.165, 1.54) is 31.9 Å². The Balaban J connectivity index is 1.88. The van der Waals surface area contributed by atoms with Crippen LogP contribution in [0.5, 0.6) is 0 Å². The van der Waals surface area contributed by atoms with Gasteiger partial charge in [-0.05, 0) is 50.8 Å². The SMILES string of the molecule is CC(=O)c1cc(F)ccc1N1CCCC2(CCCOC2)C1. The number of hydrogen-bond acceptors (Lipinski definition) is 3. The van der Waals surface area contributed by atoms with Gasteiger partial charge < -0.3 is 9.64 Å². The molecule has 2 aliphatic rings. The van der Waals surface area contributed by atoms with Crippen molar-refractivity contribution >= 4 is 11.5 Å². The first-order valence-corrected chi connectivity index (χ1v) is 7.73. The zero-order chi connectivity index (χ0) is 14.9. The lowest BCUT2D eigenvalue weighted by molar-refractivity contribution is -0.0150. The fraction of sp³-hybridized carbons (Fsp3) is 0.588. The molecule has 0 saturated carbocycles. The van der Waals surface area contributed by atoms with Crippen LogP contribution in [0.3, 0.4) is 0 Å². The molecule has 0 bridgehead atoms. The van der Waals surface area contributed by atoms with Crippen molar-refractivity contribution in [3.63, 3.8) is 0 Å². The van der Waals surface area contributed by atoms with Crippen LogP contribution in [0.25, 0.3) is 0 Å². The van der Waals surface area contributed by atoms with Gasteiger partial charge in [0.15, 0.2) is 5.78 Å². The molecule has 0 N–H and O–H groups in total. The van der Waals surface area contributed by atoms with E-state index < -0.39 is 0 Å². The third-order valence-electron chi connectivity index (χ3n) is 4.74. The van der Waals surface area contributed by atoms with Gasteiger partial charge in [0.25, 0.3) is 0 Å². The van der Waals surface area contributed by atoms with E-state index in [1.807, 2.05) is 0 Å². The van der Waals surface area contributed by atoms with E-state index >= 15 is 0 Å². The maximum atomic E-state index is 13.4. The van der Waals surface area contributed by atoms with Gasteiger partial charge in [0.2, 0.25) is 0 Å². The van der Waals surface area contributed by atoms with Gasteiger partial charge in [-0.25, -0.2) is 4.39 Å². The van der Waals surface area contributed by atoms with Crippen LogP contribution in [0.4, 0.5) is 10.1 Å². The molecule has 1 aromatic carbocycles. The number of carbonyl (C=O) groups excluding carboxylic acids is 1. The molecular weight excluding hydrogens is 269 g/mol. The summed E-state index contributed by atoms with van der Waals surface area (Å²) in [6, 6.07) is 4.55. The smallest absolute Gasteiger partial charge is 0.161 e. The normalized spacial score (nSPS) is 26.1. The van der Waals surface area contributed by atoms with Crippen LogP contribution in [0.1, 0.15) is 43.0 Å². The minimum absolute atomic E-state index is 0.0796. The lowest BCUT2D eigenvalue weighted by atomic mass is 9.75. The first kappa shape index (κ1) is 14.5. The summed E-state index contributed by atoms with van der Waals surface area (Å²) in [6.45, 7) is 4.99. The van der Waals surface area contributed by atoms with Crippen LogP contribution in [-0.4, -0.2) is 32.1 Å². The molecule has 3 nitrogen and oxygen atoms in total. The van der Waals surface area contributed by atoms with Gasteiger partial charge in [0.1, 0.15) is 5.82 Å². The molecule has 0 aliphatic carbocycles. The molecule has 4 heteroatoms. The third-order valence-corrected chi connectivity index (χ3v) is 4.74. The van der Waals surface area contributed by atoms with Crippen molar-refractivity contribution in [2.24, 2.45) is 5.41 Å². The second kappa shape index (κ2) is 5.76. The highest BCUT2D eigenvalue weighted by Crippen LogP contribution is 2.39. The first-order valence-electron chi connectivity index (χ1n) is 7.73. The van der Waals surface area contributed by atoms with Crippen molar-refractivity contribution in [3.05, 3.63) is 29.6 Å². The summed E-state index contributed by atoms with van der Waals surface area (Å²) in [7, 11) is 0. The Hall–Kier alpha value is -1.42. The molecule has 1 unspecified atom stereocenters. The van der Waals surface area contributed by atoms with Crippen LogP contribution in [0, 0.1) is 11.2 Å². The van der Waals surface area contributed by atoms with E-state index in [9.17, 15) is 9.18 Å². The number of ether oxygens (including phenoxy) is 1. The van der Waals surface area contributed by atoms with Crippen LogP contribution < -0.4 is 4.90 Å². The van der Waals surface area contributed by atoms with Crippen LogP contribution in [0.15, 0.2) is 18.2 Å². The molecule has 0 aromatic heterocycles. The maximum absolute atomic E-state index is 13.4. The van der Waals surface area contributed by atoms with E-state index in [1.54, 1.807) is 6.07 Å². The van der Waals surface area contributed by atoms with Gasteiger partial charge in [-0.15, -0.1) is 0 Å². The molecule has 0 amide bonds. The minimum Gasteiger partial charge on any atom is -0.381 e. The molecule has 0 radical (unpaired) electrons. The van der Waals surface area contributed by atoms with Crippen molar-refractivity contribution in [1.82, 2.24) is 0 Å². The number of ketones is 1. The fourth-order valence-electron chi connectivity index (χ4n) is 3.71. The number of carbonyl (C=O) groups is 1. The van der Waals surface area contributed by atoms with Gasteiger partial charge in [-0.2, -0.15) is 0 Å². The molecule has 1 atom stereocenters. The highest BCUT2D eigenvalue weighted by molar-refractivity contribution is 5.99. The monoisotopic (exact) mass is 291 g/mol. The van der Waals surface area contributed by atoms with Crippen molar-refractivity contribution in [2.75, 3.05) is 31.2 Å². The summed E-state index contributed by atoms with van der Waals surface area (Å²) in [4.78, 5) is 14.1. The Morgan fingerprint density at radius 2 is 2.14 bits per heavy atom. The summed E-state index contributed by atoms with van der Waals surface area (Å²) in [6.07, 6.45) is 4.56. The van der Waals surface area contributed by atoms with Gasteiger partial charge >= 0.3 is 0 Å². The zero-order valence-corrected chi connectivity index (χ0v) is 12.5. The largest absolute Gasteiger partial charge is 0.381 e. The molecule has 1 aromatic rings. The van der Waals surface area contributed by atoms with Gasteiger partial charge in [0.05, 0.1) is 6.61 Å². The average Bonchev–Trinajstić information content (AvgIpc) is 2.48. The Morgan fingerprint density at radius 3 is 2.86 bits per heavy atom. The topological polar surface area (TPSA) is 29.5 Å². The zero-order valence-electron chi connectivity index (χ0n) is 12.5. The quantitative estimate of drug-likeness (QED) is 0.782. The number of rotatable bonds is 2. The number of Topliss-reactive ketones (excluding diaryl/α,β-unsaturated/α-hetero) is 1. The molecule has 3 rings (SSSR count). The van der Waals surface area contributed by atoms with Crippen molar-refractivity contribution in [3.8, 4) is 0 Å². The number of halogens is 1. The number of nitrogens with zero attached hydrogens (tertiary/aromatic N) is 1. The third kappa shape index (κ3) is 2.95. The summed E-state index contributed by atoms with van der Waals surface area (Å²) in [5.41, 5.74) is 1.57. The van der Waals surface area contributed by atoms with Crippen molar-refractivity contribution < 1.29 is 13.9 Å². The van der Waals surface area contributed by atoms with E-state index in [2.05, 4.69) is 4.90 Å². The van der Waals surface area contributed by atoms with Gasteiger partial charge in [0, 0.05) is 36.4 Å². The van der Waals surface area contributed by atoms with Crippen molar-refractivity contribution in [1.29, 1.82) is 0 Å². The molecular formula is C17H22FNO2.